The molecule has 1 aliphatic carbocycles. The van der Waals surface area contributed by atoms with Crippen molar-refractivity contribution in [3.8, 4) is 11.5 Å². The van der Waals surface area contributed by atoms with Gasteiger partial charge in [0.2, 0.25) is 0 Å². The Morgan fingerprint density at radius 2 is 1.37 bits per heavy atom. The second kappa shape index (κ2) is 10.5. The van der Waals surface area contributed by atoms with Crippen molar-refractivity contribution in [3.05, 3.63) is 64.7 Å². The van der Waals surface area contributed by atoms with Crippen LogP contribution in [0.5, 0.6) is 11.5 Å². The van der Waals surface area contributed by atoms with E-state index in [1.807, 2.05) is 6.07 Å². The fourth-order valence-corrected chi connectivity index (χ4v) is 3.37. The largest absolute Gasteiger partial charge is 0.490 e. The Labute approximate surface area is 176 Å². The molecule has 0 atom stereocenters. The fraction of sp³-hybridized carbons (Fsp3) is 0.333. The van der Waals surface area contributed by atoms with Gasteiger partial charge >= 0.3 is 11.9 Å². The highest BCUT2D eigenvalue weighted by atomic mass is 16.5. The van der Waals surface area contributed by atoms with Crippen LogP contribution in [-0.2, 0) is 31.9 Å². The van der Waals surface area contributed by atoms with Gasteiger partial charge in [-0.05, 0) is 72.7 Å². The second-order valence-electron chi connectivity index (χ2n) is 6.94. The number of methoxy groups -OCH3 is 2. The molecule has 0 fully saturated rings. The Kier molecular flexibility index (Phi) is 7.49. The molecule has 158 valence electrons. The molecule has 0 aromatic heterocycles. The van der Waals surface area contributed by atoms with Gasteiger partial charge in [0.25, 0.3) is 0 Å². The SMILES string of the molecule is COC(=O)C(=Cc1ccc(OCCOc2ccc3c(c2)CCCC3)cc1)C(=O)OC. The molecule has 0 unspecified atom stereocenters. The monoisotopic (exact) mass is 410 g/mol. The lowest BCUT2D eigenvalue weighted by Gasteiger charge is -2.17. The van der Waals surface area contributed by atoms with E-state index in [0.29, 0.717) is 24.5 Å². The lowest BCUT2D eigenvalue weighted by molar-refractivity contribution is -0.143. The van der Waals surface area contributed by atoms with Gasteiger partial charge in [0, 0.05) is 0 Å². The van der Waals surface area contributed by atoms with E-state index in [2.05, 4.69) is 21.6 Å². The maximum absolute atomic E-state index is 11.7. The molecule has 0 saturated heterocycles. The summed E-state index contributed by atoms with van der Waals surface area (Å²) in [4.78, 5) is 23.4. The minimum absolute atomic E-state index is 0.174. The molecule has 2 aromatic carbocycles. The van der Waals surface area contributed by atoms with E-state index < -0.39 is 11.9 Å². The highest BCUT2D eigenvalue weighted by Gasteiger charge is 2.19. The molecule has 0 spiro atoms. The Hall–Kier alpha value is -3.28. The number of aryl methyl sites for hydroxylation is 2. The molecule has 6 heteroatoms. The summed E-state index contributed by atoms with van der Waals surface area (Å²) in [5, 5.41) is 0. The number of hydrogen-bond acceptors (Lipinski definition) is 6. The van der Waals surface area contributed by atoms with Gasteiger partial charge in [0.15, 0.2) is 0 Å². The minimum Gasteiger partial charge on any atom is -0.490 e. The van der Waals surface area contributed by atoms with Crippen molar-refractivity contribution in [2.45, 2.75) is 25.7 Å². The van der Waals surface area contributed by atoms with Crippen LogP contribution < -0.4 is 9.47 Å². The van der Waals surface area contributed by atoms with Crippen molar-refractivity contribution in [3.63, 3.8) is 0 Å². The molecule has 6 nitrogen and oxygen atoms in total. The predicted molar refractivity (Wildman–Crippen MR) is 113 cm³/mol. The molecule has 30 heavy (non-hydrogen) atoms. The number of ether oxygens (including phenoxy) is 4. The topological polar surface area (TPSA) is 71.1 Å². The highest BCUT2D eigenvalue weighted by Crippen LogP contribution is 2.25. The zero-order valence-corrected chi connectivity index (χ0v) is 17.3. The first-order valence-electron chi connectivity index (χ1n) is 9.96. The van der Waals surface area contributed by atoms with Crippen LogP contribution in [-0.4, -0.2) is 39.4 Å². The molecule has 0 amide bonds. The van der Waals surface area contributed by atoms with E-state index in [0.717, 1.165) is 18.6 Å². The minimum atomic E-state index is -0.749. The number of rotatable bonds is 8. The summed E-state index contributed by atoms with van der Waals surface area (Å²) < 4.78 is 20.8. The highest BCUT2D eigenvalue weighted by molar-refractivity contribution is 6.17. The Morgan fingerprint density at radius 3 is 2.00 bits per heavy atom. The molecule has 3 rings (SSSR count). The van der Waals surface area contributed by atoms with Gasteiger partial charge in [0.05, 0.1) is 14.2 Å². The summed E-state index contributed by atoms with van der Waals surface area (Å²) in [5.74, 6) is 0.0415. The molecule has 0 bridgehead atoms. The maximum Gasteiger partial charge on any atom is 0.345 e. The lowest BCUT2D eigenvalue weighted by Crippen LogP contribution is -2.15. The summed E-state index contributed by atoms with van der Waals surface area (Å²) in [6.07, 6.45) is 6.20. The first-order valence-corrected chi connectivity index (χ1v) is 9.96. The Morgan fingerprint density at radius 1 is 0.800 bits per heavy atom. The zero-order valence-electron chi connectivity index (χ0n) is 17.3. The van der Waals surface area contributed by atoms with E-state index in [-0.39, 0.29) is 5.57 Å². The van der Waals surface area contributed by atoms with Crippen LogP contribution >= 0.6 is 0 Å². The number of hydrogen-bond donors (Lipinski definition) is 0. The Balaban J connectivity index is 1.51. The van der Waals surface area contributed by atoms with Crippen molar-refractivity contribution >= 4 is 18.0 Å². The third kappa shape index (κ3) is 5.63. The van der Waals surface area contributed by atoms with E-state index in [9.17, 15) is 9.59 Å². The van der Waals surface area contributed by atoms with Gasteiger partial charge in [-0.15, -0.1) is 0 Å². The van der Waals surface area contributed by atoms with Crippen molar-refractivity contribution in [2.24, 2.45) is 0 Å². The molecule has 1 aliphatic rings. The number of esters is 2. The predicted octanol–water partition coefficient (Wildman–Crippen LogP) is 3.75. The van der Waals surface area contributed by atoms with Gasteiger partial charge in [0.1, 0.15) is 30.3 Å². The number of benzene rings is 2. The van der Waals surface area contributed by atoms with Gasteiger partial charge in [-0.25, -0.2) is 9.59 Å². The van der Waals surface area contributed by atoms with Gasteiger partial charge in [-0.3, -0.25) is 0 Å². The van der Waals surface area contributed by atoms with Crippen LogP contribution in [0.1, 0.15) is 29.5 Å². The van der Waals surface area contributed by atoms with Crippen molar-refractivity contribution in [1.82, 2.24) is 0 Å². The normalized spacial score (nSPS) is 12.3. The Bertz CT molecular complexity index is 896. The van der Waals surface area contributed by atoms with E-state index in [4.69, 9.17) is 9.47 Å². The number of carbonyl (C=O) groups excluding carboxylic acids is 2. The standard InChI is InChI=1S/C24H26O6/c1-27-23(25)22(24(26)28-2)15-17-7-10-20(11-8-17)29-13-14-30-21-12-9-18-5-3-4-6-19(18)16-21/h7-12,15-16H,3-6,13-14H2,1-2H3. The van der Waals surface area contributed by atoms with Crippen molar-refractivity contribution in [1.29, 1.82) is 0 Å². The van der Waals surface area contributed by atoms with Crippen LogP contribution in [0.4, 0.5) is 0 Å². The van der Waals surface area contributed by atoms with Crippen molar-refractivity contribution in [2.75, 3.05) is 27.4 Å². The number of fused-ring (bicyclic) bond motifs is 1. The average molecular weight is 410 g/mol. The van der Waals surface area contributed by atoms with Gasteiger partial charge < -0.3 is 18.9 Å². The van der Waals surface area contributed by atoms with E-state index in [1.54, 1.807) is 24.3 Å². The van der Waals surface area contributed by atoms with Crippen LogP contribution in [0.15, 0.2) is 48.0 Å². The average Bonchev–Trinajstić information content (AvgIpc) is 2.80. The molecule has 2 aromatic rings. The summed E-state index contributed by atoms with van der Waals surface area (Å²) in [6.45, 7) is 0.844. The molecule has 0 radical (unpaired) electrons. The summed E-state index contributed by atoms with van der Waals surface area (Å²) in [6, 6.07) is 13.3. The van der Waals surface area contributed by atoms with E-state index >= 15 is 0 Å². The van der Waals surface area contributed by atoms with Crippen LogP contribution in [0, 0.1) is 0 Å². The smallest absolute Gasteiger partial charge is 0.345 e. The van der Waals surface area contributed by atoms with Crippen LogP contribution in [0.25, 0.3) is 6.08 Å². The summed E-state index contributed by atoms with van der Waals surface area (Å²) in [7, 11) is 2.42. The first kappa shape index (κ1) is 21.4. The summed E-state index contributed by atoms with van der Waals surface area (Å²) in [5.41, 5.74) is 3.30. The van der Waals surface area contributed by atoms with Crippen LogP contribution in [0.2, 0.25) is 0 Å². The molecule has 0 saturated carbocycles. The molecular weight excluding hydrogens is 384 g/mol. The van der Waals surface area contributed by atoms with Crippen molar-refractivity contribution < 1.29 is 28.5 Å². The van der Waals surface area contributed by atoms with Gasteiger partial charge in [-0.2, -0.15) is 0 Å². The lowest BCUT2D eigenvalue weighted by atomic mass is 9.92. The molecular formula is C24H26O6. The number of carbonyl (C=O) groups is 2. The van der Waals surface area contributed by atoms with Gasteiger partial charge in [-0.1, -0.05) is 18.2 Å². The third-order valence-electron chi connectivity index (χ3n) is 4.94. The maximum atomic E-state index is 11.7. The molecule has 0 heterocycles. The third-order valence-corrected chi connectivity index (χ3v) is 4.94. The molecule has 0 N–H and O–H groups in total. The second-order valence-corrected chi connectivity index (χ2v) is 6.94. The molecule has 0 aliphatic heterocycles. The fourth-order valence-electron chi connectivity index (χ4n) is 3.37. The zero-order chi connectivity index (χ0) is 21.3. The van der Waals surface area contributed by atoms with E-state index in [1.165, 1.54) is 44.3 Å². The van der Waals surface area contributed by atoms with Crippen LogP contribution in [0.3, 0.4) is 0 Å². The quantitative estimate of drug-likeness (QED) is 0.217. The first-order chi connectivity index (χ1) is 14.6. The summed E-state index contributed by atoms with van der Waals surface area (Å²) >= 11 is 0.